The average Bonchev–Trinajstić information content (AvgIpc) is 3.35. The van der Waals surface area contributed by atoms with E-state index in [1.807, 2.05) is 12.1 Å². The van der Waals surface area contributed by atoms with E-state index in [1.54, 1.807) is 18.2 Å². The molecule has 0 saturated heterocycles. The Kier molecular flexibility index (Phi) is 6.60. The topological polar surface area (TPSA) is 130 Å². The molecule has 11 heteroatoms. The normalized spacial score (nSPS) is 10.6. The number of aliphatic carboxylic acids is 1. The van der Waals surface area contributed by atoms with Crippen LogP contribution in [0, 0.1) is 5.82 Å². The first-order valence-electron chi connectivity index (χ1n) is 9.57. The Morgan fingerprint density at radius 3 is 2.58 bits per heavy atom. The number of carbonyl (C=O) groups is 2. The zero-order valence-corrected chi connectivity index (χ0v) is 17.7. The number of tetrazole rings is 1. The third kappa shape index (κ3) is 5.33. The molecular formula is C22H16FN5O4S. The van der Waals surface area contributed by atoms with Gasteiger partial charge in [-0.15, -0.1) is 5.10 Å². The van der Waals surface area contributed by atoms with Crippen molar-refractivity contribution in [1.82, 2.24) is 20.6 Å². The van der Waals surface area contributed by atoms with Crippen LogP contribution in [0.1, 0.15) is 10.4 Å². The molecule has 1 amide bonds. The van der Waals surface area contributed by atoms with E-state index in [0.717, 1.165) is 11.8 Å². The van der Waals surface area contributed by atoms with E-state index in [4.69, 9.17) is 9.84 Å². The molecule has 4 rings (SSSR count). The van der Waals surface area contributed by atoms with Gasteiger partial charge < -0.3 is 15.2 Å². The number of aromatic nitrogens is 4. The van der Waals surface area contributed by atoms with E-state index < -0.39 is 24.3 Å². The summed E-state index contributed by atoms with van der Waals surface area (Å²) in [5, 5.41) is 25.2. The Bertz CT molecular complexity index is 1280. The van der Waals surface area contributed by atoms with Gasteiger partial charge in [0.15, 0.2) is 12.4 Å². The van der Waals surface area contributed by atoms with Crippen LogP contribution in [0.5, 0.6) is 5.75 Å². The smallest absolute Gasteiger partial charge is 0.341 e. The number of hydrogen-bond donors (Lipinski definition) is 3. The van der Waals surface area contributed by atoms with Crippen LogP contribution in [0.25, 0.3) is 11.4 Å². The second-order valence-corrected chi connectivity index (χ2v) is 7.68. The van der Waals surface area contributed by atoms with Crippen LogP contribution in [-0.2, 0) is 4.79 Å². The zero-order chi connectivity index (χ0) is 23.2. The van der Waals surface area contributed by atoms with Gasteiger partial charge in [-0.2, -0.15) is 0 Å². The third-order valence-corrected chi connectivity index (χ3v) is 5.59. The van der Waals surface area contributed by atoms with Crippen LogP contribution in [0.4, 0.5) is 10.1 Å². The fourth-order valence-electron chi connectivity index (χ4n) is 2.89. The molecule has 0 fully saturated rings. The summed E-state index contributed by atoms with van der Waals surface area (Å²) in [6, 6.07) is 17.6. The van der Waals surface area contributed by atoms with E-state index >= 15 is 0 Å². The number of H-pyrrole nitrogens is 1. The Morgan fingerprint density at radius 1 is 1.06 bits per heavy atom. The number of amides is 1. The van der Waals surface area contributed by atoms with Crippen molar-refractivity contribution in [3.8, 4) is 17.1 Å². The summed E-state index contributed by atoms with van der Waals surface area (Å²) >= 11 is 1.13. The number of nitrogens with zero attached hydrogens (tertiary/aromatic N) is 3. The van der Waals surface area contributed by atoms with Crippen molar-refractivity contribution >= 4 is 29.3 Å². The molecule has 4 aromatic rings. The summed E-state index contributed by atoms with van der Waals surface area (Å²) in [6.07, 6.45) is 0. The number of carboxylic acids is 1. The molecule has 0 aliphatic rings. The van der Waals surface area contributed by atoms with E-state index in [1.165, 1.54) is 36.4 Å². The Morgan fingerprint density at radius 2 is 1.85 bits per heavy atom. The van der Waals surface area contributed by atoms with Crippen molar-refractivity contribution in [3.63, 3.8) is 0 Å². The number of nitrogens with one attached hydrogen (secondary N) is 2. The monoisotopic (exact) mass is 465 g/mol. The lowest BCUT2D eigenvalue weighted by atomic mass is 10.2. The molecular weight excluding hydrogens is 449 g/mol. The number of rotatable bonds is 8. The molecule has 0 spiro atoms. The predicted molar refractivity (Wildman–Crippen MR) is 118 cm³/mol. The first-order valence-corrected chi connectivity index (χ1v) is 10.4. The Hall–Kier alpha value is -4.25. The summed E-state index contributed by atoms with van der Waals surface area (Å²) in [6.45, 7) is -0.485. The number of benzene rings is 3. The van der Waals surface area contributed by atoms with E-state index in [-0.39, 0.29) is 4.90 Å². The lowest BCUT2D eigenvalue weighted by Crippen LogP contribution is -2.13. The Labute approximate surface area is 191 Å². The summed E-state index contributed by atoms with van der Waals surface area (Å²) in [5.74, 6) is -1.31. The molecule has 1 aromatic heterocycles. The largest absolute Gasteiger partial charge is 0.482 e. The number of halogens is 1. The van der Waals surface area contributed by atoms with Gasteiger partial charge in [0, 0.05) is 16.0 Å². The second kappa shape index (κ2) is 9.92. The highest BCUT2D eigenvalue weighted by molar-refractivity contribution is 7.99. The average molecular weight is 465 g/mol. The highest BCUT2D eigenvalue weighted by Crippen LogP contribution is 2.39. The van der Waals surface area contributed by atoms with E-state index in [2.05, 4.69) is 25.9 Å². The predicted octanol–water partition coefficient (Wildman–Crippen LogP) is 3.87. The van der Waals surface area contributed by atoms with Gasteiger partial charge in [-0.05, 0) is 59.0 Å². The molecule has 0 aliphatic heterocycles. The summed E-state index contributed by atoms with van der Waals surface area (Å²) in [5.41, 5.74) is 1.28. The maximum atomic E-state index is 14.8. The van der Waals surface area contributed by atoms with Crippen molar-refractivity contribution in [3.05, 3.63) is 78.1 Å². The van der Waals surface area contributed by atoms with Gasteiger partial charge in [0.05, 0.1) is 10.6 Å². The van der Waals surface area contributed by atoms with Crippen LogP contribution in [0.2, 0.25) is 0 Å². The van der Waals surface area contributed by atoms with Gasteiger partial charge in [-0.3, -0.25) is 4.79 Å². The minimum absolute atomic E-state index is 0.229. The van der Waals surface area contributed by atoms with Gasteiger partial charge in [0.2, 0.25) is 0 Å². The van der Waals surface area contributed by atoms with Crippen LogP contribution in [-0.4, -0.2) is 44.2 Å². The first-order chi connectivity index (χ1) is 16.0. The maximum absolute atomic E-state index is 14.8. The van der Waals surface area contributed by atoms with E-state index in [0.29, 0.717) is 33.3 Å². The number of ether oxygens (including phenoxy) is 1. The lowest BCUT2D eigenvalue weighted by Gasteiger charge is -2.13. The van der Waals surface area contributed by atoms with Crippen molar-refractivity contribution in [1.29, 1.82) is 0 Å². The minimum atomic E-state index is -1.10. The van der Waals surface area contributed by atoms with Gasteiger partial charge in [-0.1, -0.05) is 30.0 Å². The second-order valence-electron chi connectivity index (χ2n) is 6.63. The molecule has 166 valence electrons. The third-order valence-electron chi connectivity index (χ3n) is 4.39. The molecule has 0 aliphatic carbocycles. The molecule has 3 N–H and O–H groups in total. The molecule has 1 heterocycles. The van der Waals surface area contributed by atoms with Gasteiger partial charge in [0.1, 0.15) is 11.6 Å². The highest BCUT2D eigenvalue weighted by atomic mass is 32.2. The summed E-state index contributed by atoms with van der Waals surface area (Å²) < 4.78 is 19.8. The number of hydrogen-bond acceptors (Lipinski definition) is 7. The standard InChI is InChI=1S/C22H16FN5O4S/c23-16-5-3-6-17(24-22(31)13-8-10-14(11-9-13)32-12-19(29)30)20(16)33-18-7-2-1-4-15(18)21-25-27-28-26-21/h1-11H,12H2,(H,24,31)(H,29,30)(H,25,26,27,28). The number of carbonyl (C=O) groups excluding carboxylic acids is 1. The highest BCUT2D eigenvalue weighted by Gasteiger charge is 2.17. The maximum Gasteiger partial charge on any atom is 0.341 e. The number of aromatic amines is 1. The quantitative estimate of drug-likeness (QED) is 0.358. The molecule has 9 nitrogen and oxygen atoms in total. The van der Waals surface area contributed by atoms with Crippen molar-refractivity contribution in [2.24, 2.45) is 0 Å². The van der Waals surface area contributed by atoms with Crippen molar-refractivity contribution < 1.29 is 23.8 Å². The van der Waals surface area contributed by atoms with Gasteiger partial charge in [-0.25, -0.2) is 14.3 Å². The minimum Gasteiger partial charge on any atom is -0.482 e. The van der Waals surface area contributed by atoms with E-state index in [9.17, 15) is 14.0 Å². The summed E-state index contributed by atoms with van der Waals surface area (Å²) in [4.78, 5) is 24.3. The van der Waals surface area contributed by atoms with Crippen LogP contribution in [0.15, 0.2) is 76.5 Å². The van der Waals surface area contributed by atoms with Gasteiger partial charge >= 0.3 is 5.97 Å². The van der Waals surface area contributed by atoms with Crippen molar-refractivity contribution in [2.75, 3.05) is 11.9 Å². The molecule has 0 unspecified atom stereocenters. The van der Waals surface area contributed by atoms with Gasteiger partial charge in [0.25, 0.3) is 5.91 Å². The zero-order valence-electron chi connectivity index (χ0n) is 16.9. The lowest BCUT2D eigenvalue weighted by molar-refractivity contribution is -0.139. The first kappa shape index (κ1) is 22.0. The molecule has 0 bridgehead atoms. The Balaban J connectivity index is 1.56. The SMILES string of the molecule is O=C(O)COc1ccc(C(=O)Nc2cccc(F)c2Sc2ccccc2-c2nnn[nH]2)cc1. The molecule has 3 aromatic carbocycles. The molecule has 0 radical (unpaired) electrons. The molecule has 0 atom stereocenters. The van der Waals surface area contributed by atoms with Crippen LogP contribution < -0.4 is 10.1 Å². The fourth-order valence-corrected chi connectivity index (χ4v) is 3.92. The van der Waals surface area contributed by atoms with Crippen LogP contribution >= 0.6 is 11.8 Å². The number of carboxylic acid groups (broad SMARTS) is 1. The fraction of sp³-hybridized carbons (Fsp3) is 0.0455. The molecule has 33 heavy (non-hydrogen) atoms. The number of anilines is 1. The summed E-state index contributed by atoms with van der Waals surface area (Å²) in [7, 11) is 0. The van der Waals surface area contributed by atoms with Crippen molar-refractivity contribution in [2.45, 2.75) is 9.79 Å². The van der Waals surface area contributed by atoms with Crippen LogP contribution in [0.3, 0.4) is 0 Å². The molecule has 0 saturated carbocycles.